The normalized spacial score (nSPS) is 11.2. The topological polar surface area (TPSA) is 53.0 Å². The minimum absolute atomic E-state index is 0.0544. The monoisotopic (exact) mass is 287 g/mol. The van der Waals surface area contributed by atoms with Gasteiger partial charge in [0.05, 0.1) is 5.69 Å². The summed E-state index contributed by atoms with van der Waals surface area (Å²) in [5.41, 5.74) is 8.59. The van der Waals surface area contributed by atoms with E-state index >= 15 is 0 Å². The predicted octanol–water partition coefficient (Wildman–Crippen LogP) is 2.60. The van der Waals surface area contributed by atoms with Gasteiger partial charge in [0.15, 0.2) is 0 Å². The summed E-state index contributed by atoms with van der Waals surface area (Å²) in [7, 11) is 1.93. The quantitative estimate of drug-likeness (QED) is 0.888. The maximum absolute atomic E-state index is 12.3. The van der Waals surface area contributed by atoms with E-state index in [9.17, 15) is 4.79 Å². The zero-order valence-corrected chi connectivity index (χ0v) is 13.2. The van der Waals surface area contributed by atoms with Gasteiger partial charge in [0, 0.05) is 13.6 Å². The molecule has 2 aromatic rings. The van der Waals surface area contributed by atoms with Crippen LogP contribution in [0.2, 0.25) is 0 Å². The van der Waals surface area contributed by atoms with Crippen LogP contribution in [0, 0.1) is 5.92 Å². The van der Waals surface area contributed by atoms with Crippen LogP contribution in [0.4, 0.5) is 5.69 Å². The van der Waals surface area contributed by atoms with Crippen LogP contribution in [0.15, 0.2) is 35.1 Å². The van der Waals surface area contributed by atoms with Gasteiger partial charge in [-0.2, -0.15) is 0 Å². The summed E-state index contributed by atoms with van der Waals surface area (Å²) < 4.78 is 3.69. The Balaban J connectivity index is 2.08. The van der Waals surface area contributed by atoms with Gasteiger partial charge in [-0.3, -0.25) is 9.48 Å². The van der Waals surface area contributed by atoms with Gasteiger partial charge in [0.25, 0.3) is 5.56 Å². The van der Waals surface area contributed by atoms with E-state index in [1.807, 2.05) is 29.9 Å². The molecule has 0 saturated carbocycles. The molecular formula is C17H25N3O. The standard InChI is InChI=1S/C17H25N3O/c1-13(2)12-15-16(18)17(21)20(19(15)3)11-7-10-14-8-5-4-6-9-14/h4-6,8-9,13H,7,10-12,18H2,1-3H3. The fraction of sp³-hybridized carbons (Fsp3) is 0.471. The average Bonchev–Trinajstić information content (AvgIpc) is 2.65. The highest BCUT2D eigenvalue weighted by molar-refractivity contribution is 5.41. The summed E-state index contributed by atoms with van der Waals surface area (Å²) in [5, 5.41) is 0. The Morgan fingerprint density at radius 3 is 2.48 bits per heavy atom. The smallest absolute Gasteiger partial charge is 0.290 e. The summed E-state index contributed by atoms with van der Waals surface area (Å²) in [6.07, 6.45) is 2.74. The van der Waals surface area contributed by atoms with E-state index in [0.717, 1.165) is 25.0 Å². The highest BCUT2D eigenvalue weighted by Gasteiger charge is 2.15. The second-order valence-corrected chi connectivity index (χ2v) is 6.00. The second kappa shape index (κ2) is 6.66. The molecule has 0 spiro atoms. The lowest BCUT2D eigenvalue weighted by Gasteiger charge is -2.11. The highest BCUT2D eigenvalue weighted by Crippen LogP contribution is 2.13. The van der Waals surface area contributed by atoms with Crippen molar-refractivity contribution in [2.45, 2.75) is 39.7 Å². The van der Waals surface area contributed by atoms with Crippen molar-refractivity contribution < 1.29 is 0 Å². The van der Waals surface area contributed by atoms with Gasteiger partial charge in [-0.25, -0.2) is 4.68 Å². The van der Waals surface area contributed by atoms with Crippen molar-refractivity contribution in [2.24, 2.45) is 13.0 Å². The van der Waals surface area contributed by atoms with Crippen LogP contribution >= 0.6 is 0 Å². The minimum atomic E-state index is -0.0544. The third-order valence-electron chi connectivity index (χ3n) is 3.81. The van der Waals surface area contributed by atoms with E-state index in [0.29, 0.717) is 18.2 Å². The summed E-state index contributed by atoms with van der Waals surface area (Å²) >= 11 is 0. The number of rotatable bonds is 6. The molecule has 0 bridgehead atoms. The van der Waals surface area contributed by atoms with Crippen molar-refractivity contribution in [1.82, 2.24) is 9.36 Å². The van der Waals surface area contributed by atoms with Crippen molar-refractivity contribution in [3.8, 4) is 0 Å². The van der Waals surface area contributed by atoms with Gasteiger partial charge < -0.3 is 5.73 Å². The molecule has 0 amide bonds. The SMILES string of the molecule is CC(C)Cc1c(N)c(=O)n(CCCc2ccccc2)n1C. The number of aryl methyl sites for hydroxylation is 1. The van der Waals surface area contributed by atoms with Crippen molar-refractivity contribution in [1.29, 1.82) is 0 Å². The third kappa shape index (κ3) is 3.57. The number of nitrogens with two attached hydrogens (primary N) is 1. The summed E-state index contributed by atoms with van der Waals surface area (Å²) in [6.45, 7) is 4.97. The molecule has 2 N–H and O–H groups in total. The number of aromatic nitrogens is 2. The van der Waals surface area contributed by atoms with Crippen LogP contribution < -0.4 is 11.3 Å². The number of hydrogen-bond donors (Lipinski definition) is 1. The predicted molar refractivity (Wildman–Crippen MR) is 87.4 cm³/mol. The molecule has 0 radical (unpaired) electrons. The lowest BCUT2D eigenvalue weighted by molar-refractivity contribution is 0.457. The molecule has 0 aliphatic rings. The van der Waals surface area contributed by atoms with Crippen molar-refractivity contribution >= 4 is 5.69 Å². The molecule has 0 aliphatic carbocycles. The van der Waals surface area contributed by atoms with E-state index in [4.69, 9.17) is 5.73 Å². The minimum Gasteiger partial charge on any atom is -0.393 e. The van der Waals surface area contributed by atoms with E-state index in [2.05, 4.69) is 26.0 Å². The molecule has 1 aromatic heterocycles. The number of hydrogen-bond acceptors (Lipinski definition) is 2. The van der Waals surface area contributed by atoms with Crippen LogP contribution in [-0.2, 0) is 26.4 Å². The van der Waals surface area contributed by atoms with Crippen LogP contribution in [0.5, 0.6) is 0 Å². The zero-order chi connectivity index (χ0) is 15.4. The number of anilines is 1. The summed E-state index contributed by atoms with van der Waals surface area (Å²) in [4.78, 5) is 12.3. The maximum Gasteiger partial charge on any atom is 0.290 e. The Morgan fingerprint density at radius 1 is 1.19 bits per heavy atom. The summed E-state index contributed by atoms with van der Waals surface area (Å²) in [6, 6.07) is 10.3. The molecule has 1 heterocycles. The maximum atomic E-state index is 12.3. The number of nitrogens with zero attached hydrogens (tertiary/aromatic N) is 2. The van der Waals surface area contributed by atoms with E-state index in [-0.39, 0.29) is 5.56 Å². The summed E-state index contributed by atoms with van der Waals surface area (Å²) in [5.74, 6) is 0.484. The van der Waals surface area contributed by atoms with E-state index in [1.165, 1.54) is 5.56 Å². The molecule has 4 nitrogen and oxygen atoms in total. The Labute approximate surface area is 126 Å². The highest BCUT2D eigenvalue weighted by atomic mass is 16.1. The molecular weight excluding hydrogens is 262 g/mol. The molecule has 0 fully saturated rings. The van der Waals surface area contributed by atoms with Gasteiger partial charge in [0.2, 0.25) is 0 Å². The van der Waals surface area contributed by atoms with Crippen molar-refractivity contribution in [3.05, 3.63) is 51.9 Å². The Morgan fingerprint density at radius 2 is 1.86 bits per heavy atom. The van der Waals surface area contributed by atoms with Crippen molar-refractivity contribution in [3.63, 3.8) is 0 Å². The van der Waals surface area contributed by atoms with Gasteiger partial charge in [-0.15, -0.1) is 0 Å². The molecule has 0 aliphatic heterocycles. The first-order valence-electron chi connectivity index (χ1n) is 7.58. The molecule has 0 saturated heterocycles. The Kier molecular flexibility index (Phi) is 4.89. The number of benzene rings is 1. The van der Waals surface area contributed by atoms with Crippen LogP contribution in [0.1, 0.15) is 31.5 Å². The van der Waals surface area contributed by atoms with Gasteiger partial charge >= 0.3 is 0 Å². The van der Waals surface area contributed by atoms with Crippen LogP contribution in [0.25, 0.3) is 0 Å². The molecule has 4 heteroatoms. The van der Waals surface area contributed by atoms with E-state index in [1.54, 1.807) is 4.68 Å². The third-order valence-corrected chi connectivity index (χ3v) is 3.81. The Hall–Kier alpha value is -1.97. The molecule has 114 valence electrons. The molecule has 0 atom stereocenters. The number of nitrogen functional groups attached to an aromatic ring is 1. The second-order valence-electron chi connectivity index (χ2n) is 6.00. The Bertz CT molecular complexity index is 638. The van der Waals surface area contributed by atoms with Crippen LogP contribution in [-0.4, -0.2) is 9.36 Å². The lowest BCUT2D eigenvalue weighted by atomic mass is 10.1. The zero-order valence-electron chi connectivity index (χ0n) is 13.2. The van der Waals surface area contributed by atoms with E-state index < -0.39 is 0 Å². The fourth-order valence-corrected chi connectivity index (χ4v) is 2.68. The van der Waals surface area contributed by atoms with Gasteiger partial charge in [-0.05, 0) is 30.7 Å². The first-order chi connectivity index (χ1) is 10.0. The first kappa shape index (κ1) is 15.4. The molecule has 21 heavy (non-hydrogen) atoms. The molecule has 2 rings (SSSR count). The van der Waals surface area contributed by atoms with Gasteiger partial charge in [0.1, 0.15) is 5.69 Å². The van der Waals surface area contributed by atoms with Crippen LogP contribution in [0.3, 0.4) is 0 Å². The molecule has 1 aromatic carbocycles. The fourth-order valence-electron chi connectivity index (χ4n) is 2.68. The largest absolute Gasteiger partial charge is 0.393 e. The first-order valence-corrected chi connectivity index (χ1v) is 7.58. The molecule has 0 unspecified atom stereocenters. The van der Waals surface area contributed by atoms with Crippen molar-refractivity contribution in [2.75, 3.05) is 5.73 Å². The lowest BCUT2D eigenvalue weighted by Crippen LogP contribution is -2.23. The van der Waals surface area contributed by atoms with Gasteiger partial charge in [-0.1, -0.05) is 44.2 Å². The average molecular weight is 287 g/mol.